The van der Waals surface area contributed by atoms with Gasteiger partial charge in [-0.15, -0.1) is 0 Å². The van der Waals surface area contributed by atoms with Crippen LogP contribution in [-0.4, -0.2) is 23.5 Å². The molecule has 1 amide bonds. The zero-order valence-corrected chi connectivity index (χ0v) is 15.1. The van der Waals surface area contributed by atoms with Crippen LogP contribution in [0.25, 0.3) is 6.08 Å². The SMILES string of the molecule is CC(C)Oc1ccc(/C=C(\C#N)C(=O)N2CCc3ccccc3C2)cc1. The second-order valence-corrected chi connectivity index (χ2v) is 6.65. The summed E-state index contributed by atoms with van der Waals surface area (Å²) in [5.74, 6) is 0.555. The van der Waals surface area contributed by atoms with Crippen molar-refractivity contribution in [3.8, 4) is 11.8 Å². The number of rotatable bonds is 4. The minimum Gasteiger partial charge on any atom is -0.491 e. The molecule has 1 heterocycles. The molecule has 0 aliphatic carbocycles. The second kappa shape index (κ2) is 7.88. The molecule has 1 aliphatic heterocycles. The Morgan fingerprint density at radius 3 is 2.50 bits per heavy atom. The van der Waals surface area contributed by atoms with E-state index in [0.29, 0.717) is 13.1 Å². The minimum absolute atomic E-state index is 0.106. The topological polar surface area (TPSA) is 53.3 Å². The number of nitrogens with zero attached hydrogens (tertiary/aromatic N) is 2. The molecule has 3 rings (SSSR count). The molecule has 0 unspecified atom stereocenters. The van der Waals surface area contributed by atoms with Gasteiger partial charge in [-0.1, -0.05) is 36.4 Å². The van der Waals surface area contributed by atoms with Crippen LogP contribution in [0.2, 0.25) is 0 Å². The van der Waals surface area contributed by atoms with Crippen LogP contribution < -0.4 is 4.74 Å². The largest absolute Gasteiger partial charge is 0.491 e. The van der Waals surface area contributed by atoms with Gasteiger partial charge in [0.05, 0.1) is 6.10 Å². The molecule has 0 aromatic heterocycles. The average Bonchev–Trinajstić information content (AvgIpc) is 2.66. The molecule has 26 heavy (non-hydrogen) atoms. The number of carbonyl (C=O) groups excluding carboxylic acids is 1. The highest BCUT2D eigenvalue weighted by molar-refractivity contribution is 6.01. The molecule has 0 radical (unpaired) electrons. The fourth-order valence-electron chi connectivity index (χ4n) is 3.06. The third kappa shape index (κ3) is 4.12. The summed E-state index contributed by atoms with van der Waals surface area (Å²) in [7, 11) is 0. The molecule has 2 aromatic carbocycles. The lowest BCUT2D eigenvalue weighted by molar-refractivity contribution is -0.127. The van der Waals surface area contributed by atoms with Gasteiger partial charge in [0.15, 0.2) is 0 Å². The minimum atomic E-state index is -0.218. The Hall–Kier alpha value is -3.06. The number of hydrogen-bond donors (Lipinski definition) is 0. The first-order chi connectivity index (χ1) is 12.6. The fourth-order valence-corrected chi connectivity index (χ4v) is 3.06. The van der Waals surface area contributed by atoms with E-state index in [0.717, 1.165) is 23.3 Å². The summed E-state index contributed by atoms with van der Waals surface area (Å²) in [4.78, 5) is 14.5. The van der Waals surface area contributed by atoms with Crippen molar-refractivity contribution >= 4 is 12.0 Å². The van der Waals surface area contributed by atoms with E-state index in [2.05, 4.69) is 12.1 Å². The van der Waals surface area contributed by atoms with Gasteiger partial charge < -0.3 is 9.64 Å². The molecule has 4 heteroatoms. The monoisotopic (exact) mass is 346 g/mol. The lowest BCUT2D eigenvalue weighted by atomic mass is 9.99. The average molecular weight is 346 g/mol. The van der Waals surface area contributed by atoms with Crippen molar-refractivity contribution in [2.75, 3.05) is 6.54 Å². The molecule has 0 atom stereocenters. The predicted octanol–water partition coefficient (Wildman–Crippen LogP) is 3.97. The zero-order chi connectivity index (χ0) is 18.5. The van der Waals surface area contributed by atoms with E-state index in [1.807, 2.05) is 56.3 Å². The van der Waals surface area contributed by atoms with Crippen molar-refractivity contribution in [2.45, 2.75) is 32.9 Å². The number of amides is 1. The highest BCUT2D eigenvalue weighted by Crippen LogP contribution is 2.21. The molecule has 0 bridgehead atoms. The molecule has 0 spiro atoms. The smallest absolute Gasteiger partial charge is 0.264 e. The first-order valence-corrected chi connectivity index (χ1v) is 8.81. The van der Waals surface area contributed by atoms with Crippen molar-refractivity contribution < 1.29 is 9.53 Å². The van der Waals surface area contributed by atoms with Crippen LogP contribution in [0.5, 0.6) is 5.75 Å². The Morgan fingerprint density at radius 1 is 1.15 bits per heavy atom. The number of benzene rings is 2. The van der Waals surface area contributed by atoms with Gasteiger partial charge in [0, 0.05) is 13.1 Å². The van der Waals surface area contributed by atoms with Crippen LogP contribution in [0, 0.1) is 11.3 Å². The Balaban J connectivity index is 1.75. The molecule has 0 fully saturated rings. The third-order valence-corrected chi connectivity index (χ3v) is 4.33. The maximum atomic E-state index is 12.8. The van der Waals surface area contributed by atoms with E-state index >= 15 is 0 Å². The molecule has 0 saturated carbocycles. The summed E-state index contributed by atoms with van der Waals surface area (Å²) in [6.07, 6.45) is 2.57. The summed E-state index contributed by atoms with van der Waals surface area (Å²) in [5, 5.41) is 9.47. The first-order valence-electron chi connectivity index (χ1n) is 8.81. The van der Waals surface area contributed by atoms with Crippen LogP contribution in [0.1, 0.15) is 30.5 Å². The van der Waals surface area contributed by atoms with Crippen molar-refractivity contribution in [3.05, 3.63) is 70.8 Å². The molecule has 4 nitrogen and oxygen atoms in total. The van der Waals surface area contributed by atoms with Gasteiger partial charge in [-0.3, -0.25) is 4.79 Å². The first kappa shape index (κ1) is 17.8. The van der Waals surface area contributed by atoms with Gasteiger partial charge in [-0.05, 0) is 55.2 Å². The highest BCUT2D eigenvalue weighted by atomic mass is 16.5. The van der Waals surface area contributed by atoms with Gasteiger partial charge in [-0.2, -0.15) is 5.26 Å². The molecule has 0 N–H and O–H groups in total. The van der Waals surface area contributed by atoms with E-state index < -0.39 is 0 Å². The number of carbonyl (C=O) groups is 1. The maximum Gasteiger partial charge on any atom is 0.264 e. The van der Waals surface area contributed by atoms with Crippen LogP contribution in [0.15, 0.2) is 54.1 Å². The van der Waals surface area contributed by atoms with Gasteiger partial charge in [0.25, 0.3) is 5.91 Å². The van der Waals surface area contributed by atoms with E-state index in [1.165, 1.54) is 5.56 Å². The summed E-state index contributed by atoms with van der Waals surface area (Å²) >= 11 is 0. The summed E-state index contributed by atoms with van der Waals surface area (Å²) < 4.78 is 5.62. The molecular formula is C22H22N2O2. The Morgan fingerprint density at radius 2 is 1.85 bits per heavy atom. The number of nitriles is 1. The van der Waals surface area contributed by atoms with Crippen LogP contribution in [-0.2, 0) is 17.8 Å². The molecule has 2 aromatic rings. The molecule has 132 valence electrons. The summed E-state index contributed by atoms with van der Waals surface area (Å²) in [6.45, 7) is 5.12. The number of fused-ring (bicyclic) bond motifs is 1. The third-order valence-electron chi connectivity index (χ3n) is 4.33. The van der Waals surface area contributed by atoms with Crippen molar-refractivity contribution in [1.82, 2.24) is 4.90 Å². The lowest BCUT2D eigenvalue weighted by Crippen LogP contribution is -2.36. The van der Waals surface area contributed by atoms with Crippen LogP contribution in [0.4, 0.5) is 0 Å². The van der Waals surface area contributed by atoms with Crippen molar-refractivity contribution in [3.63, 3.8) is 0 Å². The highest BCUT2D eigenvalue weighted by Gasteiger charge is 2.23. The molecular weight excluding hydrogens is 324 g/mol. The van der Waals surface area contributed by atoms with E-state index in [1.54, 1.807) is 11.0 Å². The van der Waals surface area contributed by atoms with Gasteiger partial charge >= 0.3 is 0 Å². The van der Waals surface area contributed by atoms with Crippen molar-refractivity contribution in [1.29, 1.82) is 5.26 Å². The summed E-state index contributed by atoms with van der Waals surface area (Å²) in [6, 6.07) is 17.6. The Bertz CT molecular complexity index is 860. The fraction of sp³-hybridized carbons (Fsp3) is 0.273. The van der Waals surface area contributed by atoms with Gasteiger partial charge in [-0.25, -0.2) is 0 Å². The number of hydrogen-bond acceptors (Lipinski definition) is 3. The second-order valence-electron chi connectivity index (χ2n) is 6.65. The van der Waals surface area contributed by atoms with Gasteiger partial charge in [0.2, 0.25) is 0 Å². The van der Waals surface area contributed by atoms with Gasteiger partial charge in [0.1, 0.15) is 17.4 Å². The van der Waals surface area contributed by atoms with E-state index in [9.17, 15) is 10.1 Å². The van der Waals surface area contributed by atoms with E-state index in [-0.39, 0.29) is 17.6 Å². The van der Waals surface area contributed by atoms with Crippen LogP contribution in [0.3, 0.4) is 0 Å². The molecule has 0 saturated heterocycles. The standard InChI is InChI=1S/C22H22N2O2/c1-16(2)26-21-9-7-17(8-10-21)13-20(14-23)22(25)24-12-11-18-5-3-4-6-19(18)15-24/h3-10,13,16H,11-12,15H2,1-2H3/b20-13+. The Labute approximate surface area is 154 Å². The van der Waals surface area contributed by atoms with Crippen molar-refractivity contribution in [2.24, 2.45) is 0 Å². The summed E-state index contributed by atoms with van der Waals surface area (Å²) in [5.41, 5.74) is 3.39. The normalized spacial score (nSPS) is 13.9. The van der Waals surface area contributed by atoms with Crippen LogP contribution >= 0.6 is 0 Å². The predicted molar refractivity (Wildman–Crippen MR) is 101 cm³/mol. The zero-order valence-electron chi connectivity index (χ0n) is 15.1. The molecule has 1 aliphatic rings. The quantitative estimate of drug-likeness (QED) is 0.622. The number of ether oxygens (including phenoxy) is 1. The maximum absolute atomic E-state index is 12.8. The van der Waals surface area contributed by atoms with E-state index in [4.69, 9.17) is 4.74 Å². The Kier molecular flexibility index (Phi) is 5.38. The lowest BCUT2D eigenvalue weighted by Gasteiger charge is -2.28.